The van der Waals surface area contributed by atoms with E-state index in [2.05, 4.69) is 38.9 Å². The van der Waals surface area contributed by atoms with Crippen molar-refractivity contribution >= 4 is 27.6 Å². The summed E-state index contributed by atoms with van der Waals surface area (Å²) in [6, 6.07) is 7.66. The van der Waals surface area contributed by atoms with Crippen LogP contribution in [0.3, 0.4) is 0 Å². The summed E-state index contributed by atoms with van der Waals surface area (Å²) in [5.41, 5.74) is 1.25. The molecule has 1 aromatic carbocycles. The van der Waals surface area contributed by atoms with Crippen LogP contribution < -0.4 is 0 Å². The van der Waals surface area contributed by atoms with Crippen LogP contribution in [0.25, 0.3) is 0 Å². The number of nitrogens with zero attached hydrogens (tertiary/aromatic N) is 1. The molecule has 0 aliphatic carbocycles. The van der Waals surface area contributed by atoms with Crippen molar-refractivity contribution in [3.8, 4) is 5.75 Å². The molecule has 0 bridgehead atoms. The van der Waals surface area contributed by atoms with E-state index in [1.54, 1.807) is 6.07 Å². The van der Waals surface area contributed by atoms with Crippen LogP contribution in [0.1, 0.15) is 63.9 Å². The van der Waals surface area contributed by atoms with Gasteiger partial charge in [0.1, 0.15) is 5.75 Å². The number of carboxylic acids is 1. The number of carbonyl (C=O) groups is 1. The summed E-state index contributed by atoms with van der Waals surface area (Å²) >= 11 is 0. The zero-order chi connectivity index (χ0) is 20.9. The lowest BCUT2D eigenvalue weighted by molar-refractivity contribution is -0.137. The molecule has 6 heteroatoms. The van der Waals surface area contributed by atoms with Gasteiger partial charge in [-0.25, -0.2) is 0 Å². The number of unbranched alkanes of at least 4 members (excludes halogenated alkanes) is 1. The highest BCUT2D eigenvalue weighted by Crippen LogP contribution is 2.39. The van der Waals surface area contributed by atoms with E-state index in [0.29, 0.717) is 24.0 Å². The summed E-state index contributed by atoms with van der Waals surface area (Å²) in [6.45, 7) is 5.56. The molecule has 0 spiro atoms. The lowest BCUT2D eigenvalue weighted by Gasteiger charge is -2.26. The van der Waals surface area contributed by atoms with E-state index in [1.807, 2.05) is 33.7 Å². The molecule has 0 saturated carbocycles. The first-order valence-electron chi connectivity index (χ1n) is 10.3. The fourth-order valence-corrected chi connectivity index (χ4v) is 6.67. The molecule has 1 aromatic rings. The highest BCUT2D eigenvalue weighted by Gasteiger charge is 2.18. The van der Waals surface area contributed by atoms with Gasteiger partial charge in [0.25, 0.3) is 0 Å². The van der Waals surface area contributed by atoms with Gasteiger partial charge in [-0.15, -0.1) is 0 Å². The SMILES string of the molecule is CC[C@@H](c1cccc(O)c1)[C@@H](C)CN(C)C.O=C(O)CCCCC1CCSS1. The molecule has 1 aliphatic rings. The topological polar surface area (TPSA) is 60.8 Å². The molecular weight excluding hydrogens is 390 g/mol. The molecule has 4 nitrogen and oxygen atoms in total. The Morgan fingerprint density at radius 3 is 2.61 bits per heavy atom. The Hall–Kier alpha value is -0.850. The molecule has 1 unspecified atom stereocenters. The Balaban J connectivity index is 0.000000292. The monoisotopic (exact) mass is 427 g/mol. The highest BCUT2D eigenvalue weighted by molar-refractivity contribution is 8.77. The van der Waals surface area contributed by atoms with Crippen LogP contribution in [-0.2, 0) is 4.79 Å². The Morgan fingerprint density at radius 1 is 1.32 bits per heavy atom. The van der Waals surface area contributed by atoms with Crippen LogP contribution in [0.2, 0.25) is 0 Å². The molecule has 0 aromatic heterocycles. The average molecular weight is 428 g/mol. The molecule has 160 valence electrons. The van der Waals surface area contributed by atoms with Gasteiger partial charge in [0.15, 0.2) is 0 Å². The maximum atomic E-state index is 10.2. The van der Waals surface area contributed by atoms with E-state index in [0.717, 1.165) is 31.1 Å². The summed E-state index contributed by atoms with van der Waals surface area (Å²) in [5, 5.41) is 18.7. The van der Waals surface area contributed by atoms with Gasteiger partial charge in [-0.05, 0) is 69.3 Å². The van der Waals surface area contributed by atoms with Crippen LogP contribution in [-0.4, -0.2) is 52.7 Å². The minimum Gasteiger partial charge on any atom is -0.508 e. The minimum absolute atomic E-state index is 0.338. The number of hydrogen-bond acceptors (Lipinski definition) is 5. The van der Waals surface area contributed by atoms with E-state index in [9.17, 15) is 9.90 Å². The van der Waals surface area contributed by atoms with Gasteiger partial charge in [0.2, 0.25) is 0 Å². The molecule has 28 heavy (non-hydrogen) atoms. The van der Waals surface area contributed by atoms with Gasteiger partial charge < -0.3 is 15.1 Å². The Bertz CT molecular complexity index is 562. The third kappa shape index (κ3) is 10.6. The zero-order valence-electron chi connectivity index (χ0n) is 17.8. The summed E-state index contributed by atoms with van der Waals surface area (Å²) in [5.74, 6) is 2.10. The van der Waals surface area contributed by atoms with Crippen molar-refractivity contribution in [2.45, 2.75) is 63.5 Å². The third-order valence-corrected chi connectivity index (χ3v) is 7.98. The van der Waals surface area contributed by atoms with Crippen LogP contribution in [0.5, 0.6) is 5.75 Å². The molecule has 1 fully saturated rings. The van der Waals surface area contributed by atoms with Crippen LogP contribution in [0, 0.1) is 5.92 Å². The van der Waals surface area contributed by atoms with Crippen LogP contribution >= 0.6 is 21.6 Å². The largest absolute Gasteiger partial charge is 0.508 e. The summed E-state index contributed by atoms with van der Waals surface area (Å²) < 4.78 is 0. The predicted octanol–water partition coefficient (Wildman–Crippen LogP) is 5.87. The second kappa shape index (κ2) is 14.2. The van der Waals surface area contributed by atoms with Gasteiger partial charge in [0, 0.05) is 24.0 Å². The number of aromatic hydroxyl groups is 1. The van der Waals surface area contributed by atoms with Crippen molar-refractivity contribution < 1.29 is 15.0 Å². The first-order chi connectivity index (χ1) is 13.3. The minimum atomic E-state index is -0.663. The van der Waals surface area contributed by atoms with Crippen molar-refractivity contribution in [3.63, 3.8) is 0 Å². The van der Waals surface area contributed by atoms with Crippen molar-refractivity contribution in [2.24, 2.45) is 5.92 Å². The summed E-state index contributed by atoms with van der Waals surface area (Å²) in [4.78, 5) is 12.4. The van der Waals surface area contributed by atoms with E-state index in [1.165, 1.54) is 24.2 Å². The Morgan fingerprint density at radius 2 is 2.07 bits per heavy atom. The predicted molar refractivity (Wildman–Crippen MR) is 123 cm³/mol. The van der Waals surface area contributed by atoms with Crippen molar-refractivity contribution in [1.29, 1.82) is 0 Å². The average Bonchev–Trinajstić information content (AvgIpc) is 3.13. The fraction of sp³-hybridized carbons (Fsp3) is 0.682. The van der Waals surface area contributed by atoms with Crippen LogP contribution in [0.4, 0.5) is 0 Å². The third-order valence-electron chi connectivity index (χ3n) is 4.97. The number of rotatable bonds is 10. The van der Waals surface area contributed by atoms with Gasteiger partial charge in [-0.3, -0.25) is 4.79 Å². The standard InChI is InChI=1S/C14H23NO.C8H14O2S2/c1-5-14(11(2)10-15(3)4)12-7-6-8-13(16)9-12;9-8(10)4-2-1-3-7-5-6-11-12-7/h6-9,11,14,16H,5,10H2,1-4H3;7H,1-6H2,(H,9,10)/t11-,14+;/m0./s1. The molecule has 1 saturated heterocycles. The second-order valence-corrected chi connectivity index (χ2v) is 10.6. The van der Waals surface area contributed by atoms with Gasteiger partial charge in [0.05, 0.1) is 0 Å². The first-order valence-corrected chi connectivity index (χ1v) is 12.6. The van der Waals surface area contributed by atoms with Gasteiger partial charge in [-0.2, -0.15) is 0 Å². The summed E-state index contributed by atoms with van der Waals surface area (Å²) in [6.07, 6.45) is 5.87. The number of benzene rings is 1. The van der Waals surface area contributed by atoms with E-state index in [4.69, 9.17) is 5.11 Å². The Labute approximate surface area is 178 Å². The molecule has 0 amide bonds. The molecule has 2 rings (SSSR count). The lowest BCUT2D eigenvalue weighted by atomic mass is 9.85. The first kappa shape index (κ1) is 25.2. The van der Waals surface area contributed by atoms with Crippen LogP contribution in [0.15, 0.2) is 24.3 Å². The van der Waals surface area contributed by atoms with E-state index >= 15 is 0 Å². The van der Waals surface area contributed by atoms with Gasteiger partial charge in [-0.1, -0.05) is 54.0 Å². The number of carboxylic acid groups (broad SMARTS) is 1. The molecular formula is C22H37NO3S2. The van der Waals surface area contributed by atoms with Crippen molar-refractivity contribution in [2.75, 3.05) is 26.4 Å². The molecule has 1 aliphatic heterocycles. The van der Waals surface area contributed by atoms with E-state index < -0.39 is 5.97 Å². The highest BCUT2D eigenvalue weighted by atomic mass is 33.1. The number of aliphatic carboxylic acids is 1. The van der Waals surface area contributed by atoms with E-state index in [-0.39, 0.29) is 0 Å². The molecule has 3 atom stereocenters. The smallest absolute Gasteiger partial charge is 0.303 e. The van der Waals surface area contributed by atoms with Crippen molar-refractivity contribution in [1.82, 2.24) is 4.90 Å². The quantitative estimate of drug-likeness (QED) is 0.360. The molecule has 2 N–H and O–H groups in total. The second-order valence-electron chi connectivity index (χ2n) is 7.82. The fourth-order valence-electron chi connectivity index (χ4n) is 3.64. The summed E-state index contributed by atoms with van der Waals surface area (Å²) in [7, 11) is 8.12. The van der Waals surface area contributed by atoms with Crippen molar-refractivity contribution in [3.05, 3.63) is 29.8 Å². The Kier molecular flexibility index (Phi) is 12.8. The number of phenols is 1. The molecule has 1 heterocycles. The number of phenolic OH excluding ortho intramolecular Hbond substituents is 1. The van der Waals surface area contributed by atoms with Gasteiger partial charge >= 0.3 is 5.97 Å². The normalized spacial score (nSPS) is 18.4. The maximum Gasteiger partial charge on any atom is 0.303 e. The maximum absolute atomic E-state index is 10.2. The zero-order valence-corrected chi connectivity index (χ0v) is 19.4. The number of hydrogen-bond donors (Lipinski definition) is 2. The molecule has 0 radical (unpaired) electrons. The lowest BCUT2D eigenvalue weighted by Crippen LogP contribution is -2.24.